The van der Waals surface area contributed by atoms with E-state index in [0.717, 1.165) is 5.69 Å². The number of likely N-dealkylation sites (N-methyl/N-ethyl adjacent to an activating group) is 2. The van der Waals surface area contributed by atoms with E-state index in [9.17, 15) is 0 Å². The molecule has 0 radical (unpaired) electrons. The van der Waals surface area contributed by atoms with Crippen LogP contribution in [0.5, 0.6) is 0 Å². The highest BCUT2D eigenvalue weighted by Gasteiger charge is 2.09. The fourth-order valence-electron chi connectivity index (χ4n) is 1.75. The summed E-state index contributed by atoms with van der Waals surface area (Å²) in [4.78, 5) is 2.10. The van der Waals surface area contributed by atoms with Gasteiger partial charge in [-0.25, -0.2) is 0 Å². The number of hydrogen-bond donors (Lipinski definition) is 1. The first kappa shape index (κ1) is 12.5. The van der Waals surface area contributed by atoms with Gasteiger partial charge >= 0.3 is 0 Å². The van der Waals surface area contributed by atoms with Gasteiger partial charge in [-0.1, -0.05) is 6.07 Å². The van der Waals surface area contributed by atoms with Crippen LogP contribution in [0.3, 0.4) is 0 Å². The van der Waals surface area contributed by atoms with Crippen LogP contribution in [-0.4, -0.2) is 26.7 Å². The van der Waals surface area contributed by atoms with Crippen LogP contribution < -0.4 is 10.2 Å². The number of nitrogens with one attached hydrogen (secondary N) is 1. The van der Waals surface area contributed by atoms with Gasteiger partial charge in [-0.15, -0.1) is 0 Å². The molecule has 0 spiro atoms. The van der Waals surface area contributed by atoms with Crippen LogP contribution in [0.15, 0.2) is 18.2 Å². The van der Waals surface area contributed by atoms with Crippen molar-refractivity contribution in [2.45, 2.75) is 19.9 Å². The number of hydrogen-bond acceptors (Lipinski definition) is 3. The van der Waals surface area contributed by atoms with Crippen LogP contribution in [0.4, 0.5) is 5.69 Å². The van der Waals surface area contributed by atoms with Gasteiger partial charge in [0.1, 0.15) is 6.04 Å². The maximum atomic E-state index is 8.89. The quantitative estimate of drug-likeness (QED) is 0.836. The number of rotatable bonds is 4. The van der Waals surface area contributed by atoms with E-state index in [4.69, 9.17) is 5.26 Å². The molecule has 3 heteroatoms. The van der Waals surface area contributed by atoms with Crippen molar-refractivity contribution in [3.8, 4) is 6.07 Å². The number of aryl methyl sites for hydroxylation is 2. The molecule has 16 heavy (non-hydrogen) atoms. The van der Waals surface area contributed by atoms with E-state index in [1.807, 2.05) is 14.1 Å². The van der Waals surface area contributed by atoms with Crippen molar-refractivity contribution in [2.24, 2.45) is 0 Å². The second-order valence-electron chi connectivity index (χ2n) is 4.20. The van der Waals surface area contributed by atoms with Crippen LogP contribution in [-0.2, 0) is 0 Å². The number of benzene rings is 1. The molecule has 0 aliphatic heterocycles. The van der Waals surface area contributed by atoms with Gasteiger partial charge in [0.05, 0.1) is 6.07 Å². The molecule has 0 amide bonds. The Morgan fingerprint density at radius 2 is 1.88 bits per heavy atom. The van der Waals surface area contributed by atoms with Gasteiger partial charge in [0.15, 0.2) is 0 Å². The lowest BCUT2D eigenvalue weighted by atomic mass is 10.1. The second-order valence-corrected chi connectivity index (χ2v) is 4.20. The summed E-state index contributed by atoms with van der Waals surface area (Å²) in [6.45, 7) is 4.87. The summed E-state index contributed by atoms with van der Waals surface area (Å²) < 4.78 is 0. The molecule has 0 aromatic heterocycles. The molecular formula is C13H19N3. The van der Waals surface area contributed by atoms with Crippen molar-refractivity contribution >= 4 is 5.69 Å². The topological polar surface area (TPSA) is 39.1 Å². The molecule has 0 aliphatic carbocycles. The zero-order valence-electron chi connectivity index (χ0n) is 10.4. The highest BCUT2D eigenvalue weighted by molar-refractivity contribution is 5.50. The molecule has 1 aromatic carbocycles. The third-order valence-electron chi connectivity index (χ3n) is 2.61. The van der Waals surface area contributed by atoms with Crippen molar-refractivity contribution in [3.05, 3.63) is 29.3 Å². The fourth-order valence-corrected chi connectivity index (χ4v) is 1.75. The van der Waals surface area contributed by atoms with Gasteiger partial charge in [0.25, 0.3) is 0 Å². The molecule has 3 nitrogen and oxygen atoms in total. The Morgan fingerprint density at radius 3 is 2.31 bits per heavy atom. The van der Waals surface area contributed by atoms with E-state index >= 15 is 0 Å². The minimum Gasteiger partial charge on any atom is -0.372 e. The Labute approximate surface area is 97.7 Å². The number of anilines is 1. The molecule has 0 fully saturated rings. The molecule has 0 heterocycles. The van der Waals surface area contributed by atoms with E-state index in [2.05, 4.69) is 48.3 Å². The van der Waals surface area contributed by atoms with Crippen molar-refractivity contribution in [1.29, 1.82) is 5.26 Å². The van der Waals surface area contributed by atoms with Crippen LogP contribution in [0.2, 0.25) is 0 Å². The SMILES string of the molecule is CNC(C#N)CN(C)c1cc(C)cc(C)c1. The first-order valence-electron chi connectivity index (χ1n) is 5.43. The van der Waals surface area contributed by atoms with E-state index in [0.29, 0.717) is 6.54 Å². The highest BCUT2D eigenvalue weighted by Crippen LogP contribution is 2.17. The van der Waals surface area contributed by atoms with Gasteiger partial charge in [-0.3, -0.25) is 0 Å². The zero-order valence-corrected chi connectivity index (χ0v) is 10.4. The van der Waals surface area contributed by atoms with Gasteiger partial charge in [0, 0.05) is 19.3 Å². The Morgan fingerprint density at radius 1 is 1.31 bits per heavy atom. The molecule has 0 saturated heterocycles. The van der Waals surface area contributed by atoms with Crippen molar-refractivity contribution in [2.75, 3.05) is 25.5 Å². The third-order valence-corrected chi connectivity index (χ3v) is 2.61. The average Bonchev–Trinajstić information content (AvgIpc) is 2.24. The second kappa shape index (κ2) is 5.53. The van der Waals surface area contributed by atoms with Gasteiger partial charge in [-0.05, 0) is 44.2 Å². The fraction of sp³-hybridized carbons (Fsp3) is 0.462. The van der Waals surface area contributed by atoms with E-state index in [-0.39, 0.29) is 6.04 Å². The molecule has 1 rings (SSSR count). The maximum Gasteiger partial charge on any atom is 0.113 e. The maximum absolute atomic E-state index is 8.89. The normalized spacial score (nSPS) is 11.9. The minimum absolute atomic E-state index is 0.134. The predicted octanol–water partition coefficient (Wildman–Crippen LogP) is 1.85. The van der Waals surface area contributed by atoms with Gasteiger partial charge < -0.3 is 10.2 Å². The molecule has 1 N–H and O–H groups in total. The monoisotopic (exact) mass is 217 g/mol. The molecular weight excluding hydrogens is 198 g/mol. The van der Waals surface area contributed by atoms with Crippen molar-refractivity contribution < 1.29 is 0 Å². The molecule has 1 atom stereocenters. The van der Waals surface area contributed by atoms with Gasteiger partial charge in [0.2, 0.25) is 0 Å². The van der Waals surface area contributed by atoms with Crippen LogP contribution in [0.1, 0.15) is 11.1 Å². The Hall–Kier alpha value is -1.53. The lowest BCUT2D eigenvalue weighted by Crippen LogP contribution is -2.36. The average molecular weight is 217 g/mol. The summed E-state index contributed by atoms with van der Waals surface area (Å²) in [5.74, 6) is 0. The van der Waals surface area contributed by atoms with E-state index < -0.39 is 0 Å². The van der Waals surface area contributed by atoms with Crippen LogP contribution in [0.25, 0.3) is 0 Å². The lowest BCUT2D eigenvalue weighted by Gasteiger charge is -2.22. The zero-order chi connectivity index (χ0) is 12.1. The minimum atomic E-state index is -0.134. The molecule has 1 aromatic rings. The largest absolute Gasteiger partial charge is 0.372 e. The van der Waals surface area contributed by atoms with E-state index in [1.165, 1.54) is 11.1 Å². The highest BCUT2D eigenvalue weighted by atomic mass is 15.1. The summed E-state index contributed by atoms with van der Waals surface area (Å²) in [5.41, 5.74) is 3.66. The summed E-state index contributed by atoms with van der Waals surface area (Å²) in [6.07, 6.45) is 0. The smallest absolute Gasteiger partial charge is 0.113 e. The molecule has 86 valence electrons. The molecule has 0 saturated carbocycles. The Balaban J connectivity index is 2.80. The first-order valence-corrected chi connectivity index (χ1v) is 5.43. The van der Waals surface area contributed by atoms with E-state index in [1.54, 1.807) is 0 Å². The lowest BCUT2D eigenvalue weighted by molar-refractivity contribution is 0.666. The Kier molecular flexibility index (Phi) is 4.33. The summed E-state index contributed by atoms with van der Waals surface area (Å²) >= 11 is 0. The van der Waals surface area contributed by atoms with Crippen molar-refractivity contribution in [3.63, 3.8) is 0 Å². The summed E-state index contributed by atoms with van der Waals surface area (Å²) in [5, 5.41) is 11.9. The molecule has 0 bridgehead atoms. The van der Waals surface area contributed by atoms with Crippen LogP contribution in [0, 0.1) is 25.2 Å². The Bertz CT molecular complexity index is 372. The molecule has 1 unspecified atom stereocenters. The predicted molar refractivity (Wildman–Crippen MR) is 67.6 cm³/mol. The first-order chi connectivity index (χ1) is 7.56. The summed E-state index contributed by atoms with van der Waals surface area (Å²) in [7, 11) is 3.82. The summed E-state index contributed by atoms with van der Waals surface area (Å²) in [6, 6.07) is 8.52. The van der Waals surface area contributed by atoms with Crippen LogP contribution >= 0.6 is 0 Å². The number of nitrogens with zero attached hydrogens (tertiary/aromatic N) is 2. The third kappa shape index (κ3) is 3.25. The molecule has 0 aliphatic rings. The van der Waals surface area contributed by atoms with Crippen molar-refractivity contribution in [1.82, 2.24) is 5.32 Å². The standard InChI is InChI=1S/C13H19N3/c1-10-5-11(2)7-13(6-10)16(4)9-12(8-14)15-3/h5-7,12,15H,9H2,1-4H3. The number of nitriles is 1. The van der Waals surface area contributed by atoms with Gasteiger partial charge in [-0.2, -0.15) is 5.26 Å².